The summed E-state index contributed by atoms with van der Waals surface area (Å²) in [5.74, 6) is -0.177. The van der Waals surface area contributed by atoms with Crippen LogP contribution < -0.4 is 15.4 Å². The number of hydrogen-bond donors (Lipinski definition) is 2. The van der Waals surface area contributed by atoms with Gasteiger partial charge in [-0.15, -0.1) is 0 Å². The molecule has 2 aromatic carbocycles. The van der Waals surface area contributed by atoms with Gasteiger partial charge in [-0.3, -0.25) is 4.79 Å². The summed E-state index contributed by atoms with van der Waals surface area (Å²) in [6.45, 7) is 4.51. The van der Waals surface area contributed by atoms with Gasteiger partial charge in [-0.05, 0) is 36.8 Å². The van der Waals surface area contributed by atoms with Gasteiger partial charge in [0, 0.05) is 25.2 Å². The quantitative estimate of drug-likeness (QED) is 0.824. The van der Waals surface area contributed by atoms with Gasteiger partial charge in [-0.25, -0.2) is 4.39 Å². The Morgan fingerprint density at radius 1 is 1.17 bits per heavy atom. The largest absolute Gasteiger partial charge is 0.489 e. The van der Waals surface area contributed by atoms with Crippen LogP contribution in [0.3, 0.4) is 0 Å². The summed E-state index contributed by atoms with van der Waals surface area (Å²) in [4.78, 5) is 11.0. The third-order valence-corrected chi connectivity index (χ3v) is 3.25. The predicted octanol–water partition coefficient (Wildman–Crippen LogP) is 3.34. The molecule has 0 saturated carbocycles. The van der Waals surface area contributed by atoms with E-state index in [1.807, 2.05) is 31.2 Å². The molecular weight excluding hydrogens is 295 g/mol. The van der Waals surface area contributed by atoms with Crippen molar-refractivity contribution < 1.29 is 13.9 Å². The molecule has 0 aliphatic rings. The van der Waals surface area contributed by atoms with Gasteiger partial charge in [0.15, 0.2) is 11.6 Å². The van der Waals surface area contributed by atoms with Crippen molar-refractivity contribution in [1.29, 1.82) is 0 Å². The monoisotopic (exact) mass is 316 g/mol. The molecule has 1 amide bonds. The van der Waals surface area contributed by atoms with E-state index < -0.39 is 0 Å². The Labute approximate surface area is 135 Å². The minimum absolute atomic E-state index is 0.0737. The number of para-hydroxylation sites is 1. The van der Waals surface area contributed by atoms with Crippen LogP contribution >= 0.6 is 0 Å². The number of nitrogens with one attached hydrogen (secondary N) is 2. The van der Waals surface area contributed by atoms with E-state index in [0.717, 1.165) is 11.3 Å². The summed E-state index contributed by atoms with van der Waals surface area (Å²) in [7, 11) is 0. The van der Waals surface area contributed by atoms with E-state index >= 15 is 0 Å². The van der Waals surface area contributed by atoms with Crippen LogP contribution in [0, 0.1) is 5.82 Å². The maximum atomic E-state index is 13.4. The van der Waals surface area contributed by atoms with Crippen molar-refractivity contribution in [1.82, 2.24) is 5.32 Å². The Hall–Kier alpha value is -2.40. The van der Waals surface area contributed by atoms with Crippen molar-refractivity contribution in [3.8, 4) is 5.75 Å². The van der Waals surface area contributed by atoms with E-state index in [0.29, 0.717) is 13.2 Å². The number of halogens is 1. The fourth-order valence-electron chi connectivity index (χ4n) is 2.04. The minimum Gasteiger partial charge on any atom is -0.489 e. The number of anilines is 1. The molecule has 2 rings (SSSR count). The number of benzene rings is 2. The molecule has 0 aromatic heterocycles. The second-order valence-corrected chi connectivity index (χ2v) is 5.40. The second-order valence-electron chi connectivity index (χ2n) is 5.40. The zero-order valence-electron chi connectivity index (χ0n) is 13.3. The number of carbonyl (C=O) groups is 1. The summed E-state index contributed by atoms with van der Waals surface area (Å²) < 4.78 is 18.9. The molecule has 0 unspecified atom stereocenters. The first-order valence-electron chi connectivity index (χ1n) is 7.52. The fraction of sp³-hybridized carbons (Fsp3) is 0.278. The lowest BCUT2D eigenvalue weighted by Crippen LogP contribution is -2.31. The summed E-state index contributed by atoms with van der Waals surface area (Å²) in [6.07, 6.45) is 0. The normalized spacial score (nSPS) is 11.8. The smallest absolute Gasteiger partial charge is 0.221 e. The summed E-state index contributed by atoms with van der Waals surface area (Å²) in [5, 5.41) is 6.04. The third-order valence-electron chi connectivity index (χ3n) is 3.25. The Morgan fingerprint density at radius 2 is 1.87 bits per heavy atom. The SMILES string of the molecule is CC(=O)Nc1ccc(CN[C@H](C)COc2ccccc2F)cc1. The first-order chi connectivity index (χ1) is 11.0. The maximum absolute atomic E-state index is 13.4. The number of amides is 1. The average molecular weight is 316 g/mol. The highest BCUT2D eigenvalue weighted by molar-refractivity contribution is 5.88. The number of carbonyl (C=O) groups excluding carboxylic acids is 1. The van der Waals surface area contributed by atoms with Crippen LogP contribution in [0.5, 0.6) is 5.75 Å². The Bertz CT molecular complexity index is 644. The number of ether oxygens (including phenoxy) is 1. The highest BCUT2D eigenvalue weighted by atomic mass is 19.1. The van der Waals surface area contributed by atoms with Gasteiger partial charge in [0.05, 0.1) is 0 Å². The van der Waals surface area contributed by atoms with Crippen LogP contribution in [0.2, 0.25) is 0 Å². The van der Waals surface area contributed by atoms with Gasteiger partial charge in [-0.2, -0.15) is 0 Å². The van der Waals surface area contributed by atoms with Crippen molar-refractivity contribution in [2.75, 3.05) is 11.9 Å². The first-order valence-corrected chi connectivity index (χ1v) is 7.52. The van der Waals surface area contributed by atoms with E-state index in [4.69, 9.17) is 4.74 Å². The molecule has 23 heavy (non-hydrogen) atoms. The molecule has 0 aliphatic carbocycles. The molecule has 4 nitrogen and oxygen atoms in total. The molecule has 0 saturated heterocycles. The summed E-state index contributed by atoms with van der Waals surface area (Å²) >= 11 is 0. The van der Waals surface area contributed by atoms with E-state index in [2.05, 4.69) is 10.6 Å². The molecule has 5 heteroatoms. The fourth-order valence-corrected chi connectivity index (χ4v) is 2.04. The Kier molecular flexibility index (Phi) is 6.11. The first kappa shape index (κ1) is 17.0. The van der Waals surface area contributed by atoms with Crippen LogP contribution in [-0.4, -0.2) is 18.6 Å². The Balaban J connectivity index is 1.76. The number of hydrogen-bond acceptors (Lipinski definition) is 3. The van der Waals surface area contributed by atoms with Gasteiger partial charge in [0.1, 0.15) is 6.61 Å². The van der Waals surface area contributed by atoms with Crippen LogP contribution in [0.25, 0.3) is 0 Å². The summed E-state index contributed by atoms with van der Waals surface area (Å²) in [6, 6.07) is 14.1. The third kappa shape index (κ3) is 5.71. The molecule has 122 valence electrons. The lowest BCUT2D eigenvalue weighted by atomic mass is 10.2. The van der Waals surface area contributed by atoms with Gasteiger partial charge >= 0.3 is 0 Å². The van der Waals surface area contributed by atoms with Crippen LogP contribution in [0.15, 0.2) is 48.5 Å². The van der Waals surface area contributed by atoms with Gasteiger partial charge in [0.2, 0.25) is 5.91 Å². The highest BCUT2D eigenvalue weighted by Crippen LogP contribution is 2.15. The average Bonchev–Trinajstić information content (AvgIpc) is 2.53. The van der Waals surface area contributed by atoms with Gasteiger partial charge in [-0.1, -0.05) is 24.3 Å². The van der Waals surface area contributed by atoms with Crippen LogP contribution in [-0.2, 0) is 11.3 Å². The molecule has 0 radical (unpaired) electrons. The lowest BCUT2D eigenvalue weighted by Gasteiger charge is -2.15. The minimum atomic E-state index is -0.353. The zero-order valence-corrected chi connectivity index (χ0v) is 13.3. The van der Waals surface area contributed by atoms with E-state index in [-0.39, 0.29) is 23.5 Å². The maximum Gasteiger partial charge on any atom is 0.221 e. The van der Waals surface area contributed by atoms with Gasteiger partial charge in [0.25, 0.3) is 0 Å². The summed E-state index contributed by atoms with van der Waals surface area (Å²) in [5.41, 5.74) is 1.87. The highest BCUT2D eigenvalue weighted by Gasteiger charge is 2.06. The molecule has 0 fully saturated rings. The zero-order chi connectivity index (χ0) is 16.7. The molecule has 2 aromatic rings. The number of rotatable bonds is 7. The predicted molar refractivity (Wildman–Crippen MR) is 88.9 cm³/mol. The molecule has 0 heterocycles. The van der Waals surface area contributed by atoms with Crippen molar-refractivity contribution in [2.45, 2.75) is 26.4 Å². The molecule has 0 aliphatic heterocycles. The van der Waals surface area contributed by atoms with E-state index in [9.17, 15) is 9.18 Å². The molecule has 0 spiro atoms. The molecule has 1 atom stereocenters. The van der Waals surface area contributed by atoms with Crippen molar-refractivity contribution in [3.63, 3.8) is 0 Å². The second kappa shape index (κ2) is 8.29. The molecular formula is C18H21FN2O2. The van der Waals surface area contributed by atoms with E-state index in [1.165, 1.54) is 13.0 Å². The lowest BCUT2D eigenvalue weighted by molar-refractivity contribution is -0.114. The van der Waals surface area contributed by atoms with Crippen molar-refractivity contribution in [2.24, 2.45) is 0 Å². The van der Waals surface area contributed by atoms with Crippen LogP contribution in [0.4, 0.5) is 10.1 Å². The van der Waals surface area contributed by atoms with Crippen LogP contribution in [0.1, 0.15) is 19.4 Å². The standard InChI is InChI=1S/C18H21FN2O2/c1-13(12-23-18-6-4-3-5-17(18)19)20-11-15-7-9-16(10-8-15)21-14(2)22/h3-10,13,20H,11-12H2,1-2H3,(H,21,22)/t13-/m1/s1. The molecule has 2 N–H and O–H groups in total. The van der Waals surface area contributed by atoms with Crippen molar-refractivity contribution in [3.05, 3.63) is 59.9 Å². The van der Waals surface area contributed by atoms with E-state index in [1.54, 1.807) is 18.2 Å². The Morgan fingerprint density at radius 3 is 2.52 bits per heavy atom. The van der Waals surface area contributed by atoms with Gasteiger partial charge < -0.3 is 15.4 Å². The van der Waals surface area contributed by atoms with Crippen molar-refractivity contribution >= 4 is 11.6 Å². The topological polar surface area (TPSA) is 50.4 Å². The molecule has 0 bridgehead atoms.